The first kappa shape index (κ1) is 20.7. The van der Waals surface area contributed by atoms with Crippen LogP contribution in [0.5, 0.6) is 0 Å². The van der Waals surface area contributed by atoms with Gasteiger partial charge in [0.05, 0.1) is 22.3 Å². The Kier molecular flexibility index (Phi) is 5.78. The third-order valence-corrected chi connectivity index (χ3v) is 4.27. The average molecular weight is 409 g/mol. The molecule has 0 saturated heterocycles. The van der Waals surface area contributed by atoms with Crippen molar-refractivity contribution in [3.63, 3.8) is 0 Å². The number of likely N-dealkylation sites (N-methyl/N-ethyl adjacent to an activating group) is 1. The SMILES string of the molecule is CN(C)CCNC(=O)c1cc(-c2c(F)c(F)c(F)c(F)c2F)nc2ccccc12. The van der Waals surface area contributed by atoms with Crippen LogP contribution < -0.4 is 5.32 Å². The number of hydrogen-bond acceptors (Lipinski definition) is 3. The van der Waals surface area contributed by atoms with Gasteiger partial charge < -0.3 is 10.2 Å². The van der Waals surface area contributed by atoms with Crippen LogP contribution in [0.25, 0.3) is 22.2 Å². The molecule has 152 valence electrons. The summed E-state index contributed by atoms with van der Waals surface area (Å²) >= 11 is 0. The Bertz CT molecular complexity index is 1070. The number of hydrogen-bond donors (Lipinski definition) is 1. The van der Waals surface area contributed by atoms with Crippen molar-refractivity contribution in [3.05, 3.63) is 65.0 Å². The van der Waals surface area contributed by atoms with E-state index in [1.54, 1.807) is 18.2 Å². The monoisotopic (exact) mass is 409 g/mol. The molecule has 1 heterocycles. The summed E-state index contributed by atoms with van der Waals surface area (Å²) in [5.41, 5.74) is -1.54. The van der Waals surface area contributed by atoms with Gasteiger partial charge in [-0.1, -0.05) is 18.2 Å². The van der Waals surface area contributed by atoms with Gasteiger partial charge in [0.15, 0.2) is 23.3 Å². The summed E-state index contributed by atoms with van der Waals surface area (Å²) in [6, 6.07) is 7.28. The minimum absolute atomic E-state index is 0.00768. The maximum atomic E-state index is 14.2. The summed E-state index contributed by atoms with van der Waals surface area (Å²) in [4.78, 5) is 18.5. The van der Waals surface area contributed by atoms with Gasteiger partial charge in [-0.3, -0.25) is 4.79 Å². The second-order valence-electron chi connectivity index (χ2n) is 6.58. The fourth-order valence-corrected chi connectivity index (χ4v) is 2.81. The summed E-state index contributed by atoms with van der Waals surface area (Å²) in [6.07, 6.45) is 0. The molecule has 0 fully saturated rings. The van der Waals surface area contributed by atoms with Crippen molar-refractivity contribution in [2.75, 3.05) is 27.2 Å². The van der Waals surface area contributed by atoms with Crippen molar-refractivity contribution >= 4 is 16.8 Å². The van der Waals surface area contributed by atoms with Crippen LogP contribution in [0.4, 0.5) is 22.0 Å². The number of fused-ring (bicyclic) bond motifs is 1. The van der Waals surface area contributed by atoms with Crippen LogP contribution in [0.1, 0.15) is 10.4 Å². The Hall–Kier alpha value is -3.07. The lowest BCUT2D eigenvalue weighted by Gasteiger charge is -2.13. The van der Waals surface area contributed by atoms with E-state index in [0.29, 0.717) is 18.5 Å². The lowest BCUT2D eigenvalue weighted by molar-refractivity contribution is 0.0952. The molecule has 0 aliphatic heterocycles. The molecule has 4 nitrogen and oxygen atoms in total. The Morgan fingerprint density at radius 1 is 0.966 bits per heavy atom. The number of rotatable bonds is 5. The van der Waals surface area contributed by atoms with E-state index in [9.17, 15) is 26.7 Å². The Morgan fingerprint density at radius 2 is 1.55 bits per heavy atom. The predicted octanol–water partition coefficient (Wildman–Crippen LogP) is 3.89. The standard InChI is InChI=1S/C20H16F5N3O/c1-28(2)8-7-26-20(29)11-9-13(27-12-6-4-3-5-10(11)12)14-15(21)17(23)19(25)18(24)16(14)22/h3-6,9H,7-8H2,1-2H3,(H,26,29). The van der Waals surface area contributed by atoms with Crippen molar-refractivity contribution < 1.29 is 26.7 Å². The van der Waals surface area contributed by atoms with Gasteiger partial charge in [0.1, 0.15) is 0 Å². The maximum Gasteiger partial charge on any atom is 0.252 e. The normalized spacial score (nSPS) is 11.3. The van der Waals surface area contributed by atoms with Crippen LogP contribution in [0.3, 0.4) is 0 Å². The molecule has 1 N–H and O–H groups in total. The number of para-hydroxylation sites is 1. The largest absolute Gasteiger partial charge is 0.351 e. The summed E-state index contributed by atoms with van der Waals surface area (Å²) in [5.74, 6) is -11.0. The fourth-order valence-electron chi connectivity index (χ4n) is 2.81. The number of pyridine rings is 1. The molecule has 0 bridgehead atoms. The molecule has 0 saturated carbocycles. The first-order chi connectivity index (χ1) is 13.7. The van der Waals surface area contributed by atoms with Gasteiger partial charge in [-0.2, -0.15) is 0 Å². The van der Waals surface area contributed by atoms with Crippen LogP contribution >= 0.6 is 0 Å². The Balaban J connectivity index is 2.18. The van der Waals surface area contributed by atoms with Crippen LogP contribution in [0.2, 0.25) is 0 Å². The molecule has 0 aliphatic carbocycles. The molecule has 1 aromatic heterocycles. The highest BCUT2D eigenvalue weighted by Gasteiger charge is 2.28. The van der Waals surface area contributed by atoms with Crippen LogP contribution in [0, 0.1) is 29.1 Å². The molecular weight excluding hydrogens is 393 g/mol. The van der Waals surface area contributed by atoms with Crippen LogP contribution in [0.15, 0.2) is 30.3 Å². The van der Waals surface area contributed by atoms with Gasteiger partial charge in [0.25, 0.3) is 5.91 Å². The highest BCUT2D eigenvalue weighted by Crippen LogP contribution is 2.32. The molecule has 9 heteroatoms. The van der Waals surface area contributed by atoms with Gasteiger partial charge in [0, 0.05) is 18.5 Å². The lowest BCUT2D eigenvalue weighted by atomic mass is 10.0. The molecule has 0 unspecified atom stereocenters. The minimum Gasteiger partial charge on any atom is -0.351 e. The van der Waals surface area contributed by atoms with Gasteiger partial charge in [-0.25, -0.2) is 26.9 Å². The van der Waals surface area contributed by atoms with Gasteiger partial charge in [-0.05, 0) is 26.2 Å². The first-order valence-electron chi connectivity index (χ1n) is 8.57. The van der Waals surface area contributed by atoms with Crippen molar-refractivity contribution in [1.29, 1.82) is 0 Å². The number of benzene rings is 2. The quantitative estimate of drug-likeness (QED) is 0.395. The molecule has 3 aromatic rings. The second kappa shape index (κ2) is 8.12. The zero-order valence-electron chi connectivity index (χ0n) is 15.5. The molecule has 3 rings (SSSR count). The van der Waals surface area contributed by atoms with Crippen molar-refractivity contribution in [2.24, 2.45) is 0 Å². The maximum absolute atomic E-state index is 14.2. The van der Waals surface area contributed by atoms with E-state index in [0.717, 1.165) is 6.07 Å². The smallest absolute Gasteiger partial charge is 0.252 e. The van der Waals surface area contributed by atoms with E-state index < -0.39 is 46.3 Å². The van der Waals surface area contributed by atoms with E-state index in [1.165, 1.54) is 6.07 Å². The first-order valence-corrected chi connectivity index (χ1v) is 8.57. The number of nitrogens with zero attached hydrogens (tertiary/aromatic N) is 2. The zero-order valence-corrected chi connectivity index (χ0v) is 15.5. The van der Waals surface area contributed by atoms with Crippen molar-refractivity contribution in [3.8, 4) is 11.3 Å². The summed E-state index contributed by atoms with van der Waals surface area (Å²) < 4.78 is 69.1. The number of carbonyl (C=O) groups excluding carboxylic acids is 1. The molecule has 1 amide bonds. The molecule has 29 heavy (non-hydrogen) atoms. The van der Waals surface area contributed by atoms with E-state index in [2.05, 4.69) is 10.3 Å². The Morgan fingerprint density at radius 3 is 2.17 bits per heavy atom. The molecule has 2 aromatic carbocycles. The minimum atomic E-state index is -2.26. The van der Waals surface area contributed by atoms with E-state index >= 15 is 0 Å². The summed E-state index contributed by atoms with van der Waals surface area (Å²) in [7, 11) is 3.63. The topological polar surface area (TPSA) is 45.2 Å². The number of halogens is 5. The van der Waals surface area contributed by atoms with Gasteiger partial charge in [0.2, 0.25) is 5.82 Å². The third-order valence-electron chi connectivity index (χ3n) is 4.27. The van der Waals surface area contributed by atoms with Crippen molar-refractivity contribution in [1.82, 2.24) is 15.2 Å². The van der Waals surface area contributed by atoms with Gasteiger partial charge >= 0.3 is 0 Å². The van der Waals surface area contributed by atoms with Crippen molar-refractivity contribution in [2.45, 2.75) is 0 Å². The predicted molar refractivity (Wildman–Crippen MR) is 97.9 cm³/mol. The third kappa shape index (κ3) is 3.91. The fraction of sp³-hybridized carbons (Fsp3) is 0.200. The molecular formula is C20H16F5N3O. The highest BCUT2D eigenvalue weighted by molar-refractivity contribution is 6.07. The molecule has 0 spiro atoms. The van der Waals surface area contributed by atoms with Gasteiger partial charge in [-0.15, -0.1) is 0 Å². The van der Waals surface area contributed by atoms with Crippen LogP contribution in [-0.2, 0) is 0 Å². The molecule has 0 aliphatic rings. The number of nitrogens with one attached hydrogen (secondary N) is 1. The number of aromatic nitrogens is 1. The number of carbonyl (C=O) groups is 1. The van der Waals surface area contributed by atoms with E-state index in [4.69, 9.17) is 0 Å². The highest BCUT2D eigenvalue weighted by atomic mass is 19.2. The second-order valence-corrected chi connectivity index (χ2v) is 6.58. The molecule has 0 radical (unpaired) electrons. The number of amides is 1. The summed E-state index contributed by atoms with van der Waals surface area (Å²) in [6.45, 7) is 0.833. The summed E-state index contributed by atoms with van der Waals surface area (Å²) in [5, 5.41) is 3.04. The van der Waals surface area contributed by atoms with E-state index in [-0.39, 0.29) is 11.1 Å². The van der Waals surface area contributed by atoms with E-state index in [1.807, 2.05) is 19.0 Å². The zero-order chi connectivity index (χ0) is 21.3. The average Bonchev–Trinajstić information content (AvgIpc) is 2.70. The Labute approximate surface area is 163 Å². The van der Waals surface area contributed by atoms with Crippen LogP contribution in [-0.4, -0.2) is 43.0 Å². The lowest BCUT2D eigenvalue weighted by Crippen LogP contribution is -2.31. The molecule has 0 atom stereocenters.